The molecule has 5 nitrogen and oxygen atoms in total. The number of amides is 2. The van der Waals surface area contributed by atoms with Gasteiger partial charge in [0.2, 0.25) is 0 Å². The summed E-state index contributed by atoms with van der Waals surface area (Å²) in [6.45, 7) is 0. The predicted octanol–water partition coefficient (Wildman–Crippen LogP) is 1.62. The van der Waals surface area contributed by atoms with E-state index >= 15 is 0 Å². The fourth-order valence-electron chi connectivity index (χ4n) is 1.31. The van der Waals surface area contributed by atoms with Gasteiger partial charge in [-0.25, -0.2) is 9.48 Å². The van der Waals surface area contributed by atoms with Gasteiger partial charge in [-0.05, 0) is 30.3 Å². The zero-order valence-electron chi connectivity index (χ0n) is 8.84. The first-order chi connectivity index (χ1) is 7.79. The molecule has 1 heterocycles. The van der Waals surface area contributed by atoms with Crippen molar-refractivity contribution < 1.29 is 4.79 Å². The first kappa shape index (κ1) is 10.2. The third kappa shape index (κ3) is 2.20. The lowest BCUT2D eigenvalue weighted by molar-refractivity contribution is 0.254. The van der Waals surface area contributed by atoms with Gasteiger partial charge in [0, 0.05) is 25.1 Å². The average Bonchev–Trinajstić information content (AvgIpc) is 2.83. The van der Waals surface area contributed by atoms with Crippen molar-refractivity contribution in [3.8, 4) is 5.69 Å². The summed E-state index contributed by atoms with van der Waals surface area (Å²) in [4.78, 5) is 11.1. The Bertz CT molecular complexity index is 461. The van der Waals surface area contributed by atoms with Crippen molar-refractivity contribution >= 4 is 11.7 Å². The fraction of sp³-hybridized carbons (Fsp3) is 0.0909. The molecule has 0 aliphatic heterocycles. The van der Waals surface area contributed by atoms with Crippen molar-refractivity contribution in [2.24, 2.45) is 0 Å². The molecule has 0 saturated heterocycles. The van der Waals surface area contributed by atoms with Gasteiger partial charge < -0.3 is 10.6 Å². The Kier molecular flexibility index (Phi) is 2.86. The molecule has 1 aromatic heterocycles. The lowest BCUT2D eigenvalue weighted by atomic mass is 10.3. The number of carbonyl (C=O) groups is 1. The van der Waals surface area contributed by atoms with Gasteiger partial charge in [0.05, 0.1) is 5.69 Å². The van der Waals surface area contributed by atoms with Crippen LogP contribution in [0.4, 0.5) is 10.5 Å². The largest absolute Gasteiger partial charge is 0.341 e. The van der Waals surface area contributed by atoms with E-state index in [0.29, 0.717) is 0 Å². The van der Waals surface area contributed by atoms with E-state index in [1.54, 1.807) is 17.9 Å². The second-order valence-electron chi connectivity index (χ2n) is 3.20. The van der Waals surface area contributed by atoms with Crippen LogP contribution in [0, 0.1) is 0 Å². The molecule has 2 rings (SSSR count). The van der Waals surface area contributed by atoms with E-state index in [0.717, 1.165) is 11.4 Å². The van der Waals surface area contributed by atoms with Gasteiger partial charge in [-0.2, -0.15) is 5.10 Å². The molecule has 2 aromatic rings. The molecule has 2 amide bonds. The standard InChI is InChI=1S/C11H12N4O/c1-12-11(16)14-9-3-5-10(6-4-9)15-8-2-7-13-15/h2-8H,1H3,(H2,12,14,16). The first-order valence-corrected chi connectivity index (χ1v) is 4.88. The van der Waals surface area contributed by atoms with Crippen molar-refractivity contribution in [2.45, 2.75) is 0 Å². The predicted molar refractivity (Wildman–Crippen MR) is 61.6 cm³/mol. The number of nitrogens with one attached hydrogen (secondary N) is 2. The normalized spacial score (nSPS) is 9.81. The zero-order chi connectivity index (χ0) is 11.4. The van der Waals surface area contributed by atoms with Crippen LogP contribution in [-0.2, 0) is 0 Å². The van der Waals surface area contributed by atoms with E-state index in [1.165, 1.54) is 0 Å². The molecule has 0 atom stereocenters. The highest BCUT2D eigenvalue weighted by atomic mass is 16.2. The Labute approximate surface area is 93.1 Å². The topological polar surface area (TPSA) is 59.0 Å². The maximum Gasteiger partial charge on any atom is 0.318 e. The summed E-state index contributed by atoms with van der Waals surface area (Å²) < 4.78 is 1.75. The molecule has 0 bridgehead atoms. The number of anilines is 1. The molecule has 0 radical (unpaired) electrons. The van der Waals surface area contributed by atoms with E-state index in [9.17, 15) is 4.79 Å². The van der Waals surface area contributed by atoms with Gasteiger partial charge in [-0.1, -0.05) is 0 Å². The summed E-state index contributed by atoms with van der Waals surface area (Å²) in [6, 6.07) is 9.05. The second kappa shape index (κ2) is 4.48. The third-order valence-electron chi connectivity index (χ3n) is 2.12. The number of benzene rings is 1. The number of aromatic nitrogens is 2. The SMILES string of the molecule is CNC(=O)Nc1ccc(-n2cccn2)cc1. The van der Waals surface area contributed by atoms with Crippen molar-refractivity contribution in [3.05, 3.63) is 42.7 Å². The Morgan fingerprint density at radius 2 is 2.06 bits per heavy atom. The number of hydrogen-bond donors (Lipinski definition) is 2. The minimum atomic E-state index is -0.230. The van der Waals surface area contributed by atoms with Crippen molar-refractivity contribution in [1.82, 2.24) is 15.1 Å². The van der Waals surface area contributed by atoms with Crippen LogP contribution in [0.5, 0.6) is 0 Å². The lowest BCUT2D eigenvalue weighted by Gasteiger charge is -2.05. The lowest BCUT2D eigenvalue weighted by Crippen LogP contribution is -2.24. The smallest absolute Gasteiger partial charge is 0.318 e. The maximum absolute atomic E-state index is 11.1. The highest BCUT2D eigenvalue weighted by Gasteiger charge is 1.99. The summed E-state index contributed by atoms with van der Waals surface area (Å²) in [5.41, 5.74) is 1.70. The van der Waals surface area contributed by atoms with Crippen LogP contribution in [0.15, 0.2) is 42.7 Å². The Hall–Kier alpha value is -2.30. The Balaban J connectivity index is 2.14. The zero-order valence-corrected chi connectivity index (χ0v) is 8.84. The second-order valence-corrected chi connectivity index (χ2v) is 3.20. The van der Waals surface area contributed by atoms with Crippen LogP contribution >= 0.6 is 0 Å². The molecule has 0 spiro atoms. The molecule has 16 heavy (non-hydrogen) atoms. The quantitative estimate of drug-likeness (QED) is 0.801. The molecule has 0 aliphatic carbocycles. The first-order valence-electron chi connectivity index (χ1n) is 4.88. The van der Waals surface area contributed by atoms with Crippen LogP contribution in [-0.4, -0.2) is 22.9 Å². The molecule has 1 aromatic carbocycles. The van der Waals surface area contributed by atoms with Gasteiger partial charge in [-0.3, -0.25) is 0 Å². The van der Waals surface area contributed by atoms with Crippen LogP contribution in [0.2, 0.25) is 0 Å². The minimum absolute atomic E-state index is 0.230. The molecule has 2 N–H and O–H groups in total. The highest BCUT2D eigenvalue weighted by Crippen LogP contribution is 2.12. The molecule has 5 heteroatoms. The van der Waals surface area contributed by atoms with E-state index in [1.807, 2.05) is 36.5 Å². The fourth-order valence-corrected chi connectivity index (χ4v) is 1.31. The van der Waals surface area contributed by atoms with E-state index in [4.69, 9.17) is 0 Å². The van der Waals surface area contributed by atoms with Gasteiger partial charge in [0.15, 0.2) is 0 Å². The van der Waals surface area contributed by atoms with Gasteiger partial charge >= 0.3 is 6.03 Å². The van der Waals surface area contributed by atoms with Crippen LogP contribution in [0.1, 0.15) is 0 Å². The summed E-state index contributed by atoms with van der Waals surface area (Å²) >= 11 is 0. The average molecular weight is 216 g/mol. The number of rotatable bonds is 2. The summed E-state index contributed by atoms with van der Waals surface area (Å²) in [5.74, 6) is 0. The van der Waals surface area contributed by atoms with Crippen LogP contribution in [0.3, 0.4) is 0 Å². The molecular weight excluding hydrogens is 204 g/mol. The van der Waals surface area contributed by atoms with E-state index in [2.05, 4.69) is 15.7 Å². The Morgan fingerprint density at radius 1 is 1.31 bits per heavy atom. The van der Waals surface area contributed by atoms with E-state index in [-0.39, 0.29) is 6.03 Å². The number of nitrogens with zero attached hydrogens (tertiary/aromatic N) is 2. The molecule has 82 valence electrons. The van der Waals surface area contributed by atoms with Crippen LogP contribution < -0.4 is 10.6 Å². The molecule has 0 unspecified atom stereocenters. The van der Waals surface area contributed by atoms with Crippen molar-refractivity contribution in [2.75, 3.05) is 12.4 Å². The summed E-state index contributed by atoms with van der Waals surface area (Å²) in [7, 11) is 1.58. The molecule has 0 fully saturated rings. The monoisotopic (exact) mass is 216 g/mol. The van der Waals surface area contributed by atoms with E-state index < -0.39 is 0 Å². The Morgan fingerprint density at radius 3 is 2.62 bits per heavy atom. The minimum Gasteiger partial charge on any atom is -0.341 e. The summed E-state index contributed by atoms with van der Waals surface area (Å²) in [6.07, 6.45) is 3.58. The molecule has 0 aliphatic rings. The summed E-state index contributed by atoms with van der Waals surface area (Å²) in [5, 5.41) is 9.28. The van der Waals surface area contributed by atoms with Gasteiger partial charge in [0.25, 0.3) is 0 Å². The van der Waals surface area contributed by atoms with Gasteiger partial charge in [0.1, 0.15) is 0 Å². The number of urea groups is 1. The maximum atomic E-state index is 11.1. The van der Waals surface area contributed by atoms with Crippen molar-refractivity contribution in [1.29, 1.82) is 0 Å². The number of hydrogen-bond acceptors (Lipinski definition) is 2. The van der Waals surface area contributed by atoms with Gasteiger partial charge in [-0.15, -0.1) is 0 Å². The third-order valence-corrected chi connectivity index (χ3v) is 2.12. The molecular formula is C11H12N4O. The highest BCUT2D eigenvalue weighted by molar-refractivity contribution is 5.89. The van der Waals surface area contributed by atoms with Crippen LogP contribution in [0.25, 0.3) is 5.69 Å². The number of carbonyl (C=O) groups excluding carboxylic acids is 1. The molecule has 0 saturated carbocycles. The van der Waals surface area contributed by atoms with Crippen molar-refractivity contribution in [3.63, 3.8) is 0 Å².